The fourth-order valence-corrected chi connectivity index (χ4v) is 1.38. The Balaban J connectivity index is 1.95. The van der Waals surface area contributed by atoms with E-state index in [0.717, 1.165) is 32.6 Å². The first-order chi connectivity index (χ1) is 5.93. The summed E-state index contributed by atoms with van der Waals surface area (Å²) in [6.45, 7) is 2.70. The third-order valence-electron chi connectivity index (χ3n) is 2.06. The average Bonchev–Trinajstić information content (AvgIpc) is 2.14. The standard InChI is InChI=1S/C9H16N2O/c10-5-1-2-6-11-9-4-3-7-12-8-9/h9,11H,1-4,6-8H2. The fourth-order valence-electron chi connectivity index (χ4n) is 1.38. The van der Waals surface area contributed by atoms with Gasteiger partial charge in [0.05, 0.1) is 12.7 Å². The largest absolute Gasteiger partial charge is 0.380 e. The second kappa shape index (κ2) is 5.99. The molecule has 1 aliphatic rings. The first-order valence-corrected chi connectivity index (χ1v) is 4.61. The van der Waals surface area contributed by atoms with Crippen LogP contribution in [0.3, 0.4) is 0 Å². The van der Waals surface area contributed by atoms with Gasteiger partial charge >= 0.3 is 0 Å². The van der Waals surface area contributed by atoms with Crippen molar-refractivity contribution in [2.24, 2.45) is 0 Å². The van der Waals surface area contributed by atoms with E-state index in [1.807, 2.05) is 0 Å². The summed E-state index contributed by atoms with van der Waals surface area (Å²) in [5, 5.41) is 11.7. The van der Waals surface area contributed by atoms with Crippen molar-refractivity contribution in [3.63, 3.8) is 0 Å². The van der Waals surface area contributed by atoms with Crippen LogP contribution in [0, 0.1) is 11.3 Å². The highest BCUT2D eigenvalue weighted by atomic mass is 16.5. The van der Waals surface area contributed by atoms with E-state index in [1.54, 1.807) is 0 Å². The lowest BCUT2D eigenvalue weighted by Gasteiger charge is -2.22. The fraction of sp³-hybridized carbons (Fsp3) is 0.889. The number of unbranched alkanes of at least 4 members (excludes halogenated alkanes) is 1. The lowest BCUT2D eigenvalue weighted by molar-refractivity contribution is 0.0705. The van der Waals surface area contributed by atoms with Crippen molar-refractivity contribution >= 4 is 0 Å². The van der Waals surface area contributed by atoms with Gasteiger partial charge in [-0.15, -0.1) is 0 Å². The van der Waals surface area contributed by atoms with Crippen LogP contribution in [0.15, 0.2) is 0 Å². The molecule has 0 aromatic rings. The molecule has 1 saturated heterocycles. The van der Waals surface area contributed by atoms with Crippen molar-refractivity contribution in [1.29, 1.82) is 5.26 Å². The Bertz CT molecular complexity index is 147. The van der Waals surface area contributed by atoms with Gasteiger partial charge < -0.3 is 10.1 Å². The van der Waals surface area contributed by atoms with Crippen LogP contribution in [0.5, 0.6) is 0 Å². The highest BCUT2D eigenvalue weighted by molar-refractivity contribution is 4.72. The van der Waals surface area contributed by atoms with Crippen molar-refractivity contribution in [3.8, 4) is 6.07 Å². The number of hydrogen-bond donors (Lipinski definition) is 1. The number of hydrogen-bond acceptors (Lipinski definition) is 3. The van der Waals surface area contributed by atoms with Crippen LogP contribution in [-0.2, 0) is 4.74 Å². The molecule has 1 atom stereocenters. The number of rotatable bonds is 4. The Morgan fingerprint density at radius 2 is 2.50 bits per heavy atom. The second-order valence-corrected chi connectivity index (χ2v) is 3.13. The molecule has 1 N–H and O–H groups in total. The van der Waals surface area contributed by atoms with E-state index in [1.165, 1.54) is 6.42 Å². The molecule has 1 fully saturated rings. The number of nitrogens with one attached hydrogen (secondary N) is 1. The maximum absolute atomic E-state index is 8.30. The summed E-state index contributed by atoms with van der Waals surface area (Å²) in [5.41, 5.74) is 0. The van der Waals surface area contributed by atoms with Crippen LogP contribution in [0.1, 0.15) is 25.7 Å². The summed E-state index contributed by atoms with van der Waals surface area (Å²) in [5.74, 6) is 0. The van der Waals surface area contributed by atoms with Gasteiger partial charge in [-0.25, -0.2) is 0 Å². The Morgan fingerprint density at radius 1 is 1.58 bits per heavy atom. The Kier molecular flexibility index (Phi) is 4.74. The third-order valence-corrected chi connectivity index (χ3v) is 2.06. The monoisotopic (exact) mass is 168 g/mol. The number of ether oxygens (including phenoxy) is 1. The maximum Gasteiger partial charge on any atom is 0.0622 e. The molecule has 3 heteroatoms. The molecule has 0 aliphatic carbocycles. The molecular weight excluding hydrogens is 152 g/mol. The van der Waals surface area contributed by atoms with Gasteiger partial charge in [-0.3, -0.25) is 0 Å². The molecule has 0 saturated carbocycles. The molecule has 1 unspecified atom stereocenters. The van der Waals surface area contributed by atoms with Crippen molar-refractivity contribution in [1.82, 2.24) is 5.32 Å². The highest BCUT2D eigenvalue weighted by Crippen LogP contribution is 2.05. The van der Waals surface area contributed by atoms with E-state index in [2.05, 4.69) is 11.4 Å². The molecule has 0 amide bonds. The van der Waals surface area contributed by atoms with E-state index in [4.69, 9.17) is 10.00 Å². The molecule has 0 radical (unpaired) electrons. The minimum Gasteiger partial charge on any atom is -0.380 e. The predicted octanol–water partition coefficient (Wildman–Crippen LogP) is 1.06. The summed E-state index contributed by atoms with van der Waals surface area (Å²) in [7, 11) is 0. The van der Waals surface area contributed by atoms with Crippen LogP contribution in [0.25, 0.3) is 0 Å². The molecule has 12 heavy (non-hydrogen) atoms. The van der Waals surface area contributed by atoms with E-state index >= 15 is 0 Å². The van der Waals surface area contributed by atoms with Gasteiger partial charge in [0.25, 0.3) is 0 Å². The zero-order valence-electron chi connectivity index (χ0n) is 7.38. The third kappa shape index (κ3) is 3.70. The van der Waals surface area contributed by atoms with Crippen LogP contribution in [0.4, 0.5) is 0 Å². The molecule has 0 aromatic heterocycles. The lowest BCUT2D eigenvalue weighted by Crippen LogP contribution is -2.37. The van der Waals surface area contributed by atoms with E-state index in [9.17, 15) is 0 Å². The molecule has 1 rings (SSSR count). The zero-order chi connectivity index (χ0) is 8.65. The van der Waals surface area contributed by atoms with Crippen LogP contribution in [-0.4, -0.2) is 25.8 Å². The number of nitrogens with zero attached hydrogens (tertiary/aromatic N) is 1. The Labute approximate surface area is 73.7 Å². The molecule has 0 aromatic carbocycles. The molecule has 0 bridgehead atoms. The van der Waals surface area contributed by atoms with E-state index < -0.39 is 0 Å². The van der Waals surface area contributed by atoms with Crippen LogP contribution >= 0.6 is 0 Å². The second-order valence-electron chi connectivity index (χ2n) is 3.13. The van der Waals surface area contributed by atoms with Gasteiger partial charge in [-0.1, -0.05) is 0 Å². The summed E-state index contributed by atoms with van der Waals surface area (Å²) in [6.07, 6.45) is 3.98. The molecule has 1 aliphatic heterocycles. The van der Waals surface area contributed by atoms with Gasteiger partial charge in [0.2, 0.25) is 0 Å². The molecular formula is C9H16N2O. The first-order valence-electron chi connectivity index (χ1n) is 4.61. The smallest absolute Gasteiger partial charge is 0.0622 e. The lowest BCUT2D eigenvalue weighted by atomic mass is 10.1. The molecule has 0 spiro atoms. The highest BCUT2D eigenvalue weighted by Gasteiger charge is 2.11. The predicted molar refractivity (Wildman–Crippen MR) is 46.7 cm³/mol. The van der Waals surface area contributed by atoms with E-state index in [0.29, 0.717) is 12.5 Å². The SMILES string of the molecule is N#CCCCNC1CCCOC1. The minimum atomic E-state index is 0.525. The zero-order valence-corrected chi connectivity index (χ0v) is 7.38. The molecule has 68 valence electrons. The van der Waals surface area contributed by atoms with Gasteiger partial charge in [-0.05, 0) is 25.8 Å². The van der Waals surface area contributed by atoms with Gasteiger partial charge in [0, 0.05) is 19.1 Å². The summed E-state index contributed by atoms with van der Waals surface area (Å²) < 4.78 is 5.31. The van der Waals surface area contributed by atoms with Crippen LogP contribution in [0.2, 0.25) is 0 Å². The van der Waals surface area contributed by atoms with Gasteiger partial charge in [0.15, 0.2) is 0 Å². The quantitative estimate of drug-likeness (QED) is 0.638. The molecule has 1 heterocycles. The average molecular weight is 168 g/mol. The van der Waals surface area contributed by atoms with E-state index in [-0.39, 0.29) is 0 Å². The Morgan fingerprint density at radius 3 is 3.17 bits per heavy atom. The summed E-state index contributed by atoms with van der Waals surface area (Å²) in [6, 6.07) is 2.66. The van der Waals surface area contributed by atoms with Crippen LogP contribution < -0.4 is 5.32 Å². The minimum absolute atomic E-state index is 0.525. The summed E-state index contributed by atoms with van der Waals surface area (Å²) in [4.78, 5) is 0. The van der Waals surface area contributed by atoms with Crippen molar-refractivity contribution < 1.29 is 4.74 Å². The van der Waals surface area contributed by atoms with Gasteiger partial charge in [-0.2, -0.15) is 5.26 Å². The molecule has 3 nitrogen and oxygen atoms in total. The van der Waals surface area contributed by atoms with Crippen molar-refractivity contribution in [2.75, 3.05) is 19.8 Å². The van der Waals surface area contributed by atoms with Crippen molar-refractivity contribution in [2.45, 2.75) is 31.7 Å². The normalized spacial score (nSPS) is 23.4. The maximum atomic E-state index is 8.30. The first kappa shape index (κ1) is 9.50. The van der Waals surface area contributed by atoms with Gasteiger partial charge in [0.1, 0.15) is 0 Å². The summed E-state index contributed by atoms with van der Waals surface area (Å²) >= 11 is 0. The Hall–Kier alpha value is -0.590. The van der Waals surface area contributed by atoms with Crippen molar-refractivity contribution in [3.05, 3.63) is 0 Å². The number of nitriles is 1. The topological polar surface area (TPSA) is 45.0 Å².